The number of anilines is 2. The van der Waals surface area contributed by atoms with E-state index in [1.807, 2.05) is 0 Å². The van der Waals surface area contributed by atoms with Crippen LogP contribution in [0.25, 0.3) is 0 Å². The summed E-state index contributed by atoms with van der Waals surface area (Å²) < 4.78 is 5.26. The van der Waals surface area contributed by atoms with E-state index >= 15 is 0 Å². The molecule has 0 spiro atoms. The van der Waals surface area contributed by atoms with Gasteiger partial charge in [-0.1, -0.05) is 29.3 Å². The van der Waals surface area contributed by atoms with Crippen molar-refractivity contribution in [3.63, 3.8) is 0 Å². The molecule has 0 unspecified atom stereocenters. The maximum absolute atomic E-state index is 12.4. The summed E-state index contributed by atoms with van der Waals surface area (Å²) in [6.45, 7) is 2.63. The van der Waals surface area contributed by atoms with Gasteiger partial charge in [0.25, 0.3) is 0 Å². The highest BCUT2D eigenvalue weighted by molar-refractivity contribution is 6.35. The molecule has 2 aromatic rings. The van der Waals surface area contributed by atoms with Crippen LogP contribution < -0.4 is 10.6 Å². The normalized spacial score (nSPS) is 10.2. The van der Waals surface area contributed by atoms with E-state index < -0.39 is 5.97 Å². The van der Waals surface area contributed by atoms with Crippen molar-refractivity contribution in [2.75, 3.05) is 10.6 Å². The van der Waals surface area contributed by atoms with Crippen molar-refractivity contribution in [2.45, 2.75) is 20.5 Å². The van der Waals surface area contributed by atoms with Gasteiger partial charge in [0.1, 0.15) is 6.61 Å². The molecule has 2 rings (SSSR count). The number of amides is 2. The summed E-state index contributed by atoms with van der Waals surface area (Å²) in [5, 5.41) is 6.00. The second-order valence-corrected chi connectivity index (χ2v) is 6.32. The molecule has 6 nitrogen and oxygen atoms in total. The van der Waals surface area contributed by atoms with Crippen molar-refractivity contribution in [2.24, 2.45) is 0 Å². The molecule has 136 valence electrons. The predicted octanol–water partition coefficient (Wildman–Crippen LogP) is 4.27. The first-order valence-electron chi connectivity index (χ1n) is 7.56. The zero-order valence-corrected chi connectivity index (χ0v) is 15.6. The molecule has 0 aromatic heterocycles. The van der Waals surface area contributed by atoms with E-state index in [9.17, 15) is 14.4 Å². The van der Waals surface area contributed by atoms with Gasteiger partial charge in [-0.3, -0.25) is 9.59 Å². The Kier molecular flexibility index (Phi) is 6.60. The minimum Gasteiger partial charge on any atom is -0.457 e. The lowest BCUT2D eigenvalue weighted by Crippen LogP contribution is -2.12. The average molecular weight is 395 g/mol. The van der Waals surface area contributed by atoms with E-state index in [1.54, 1.807) is 18.2 Å². The van der Waals surface area contributed by atoms with E-state index in [1.165, 1.54) is 32.0 Å². The molecular weight excluding hydrogens is 379 g/mol. The van der Waals surface area contributed by atoms with Gasteiger partial charge in [0.05, 0.1) is 5.56 Å². The lowest BCUT2D eigenvalue weighted by atomic mass is 10.1. The fourth-order valence-corrected chi connectivity index (χ4v) is 2.62. The summed E-state index contributed by atoms with van der Waals surface area (Å²) in [6.07, 6.45) is 0. The first kappa shape index (κ1) is 19.8. The fourth-order valence-electron chi connectivity index (χ4n) is 2.16. The SMILES string of the molecule is CC(=O)Nc1cc(NC(C)=O)cc(C(=O)OCc2ccc(Cl)cc2Cl)c1. The van der Waals surface area contributed by atoms with Crippen LogP contribution in [0.2, 0.25) is 10.0 Å². The maximum Gasteiger partial charge on any atom is 0.338 e. The van der Waals surface area contributed by atoms with Crippen molar-refractivity contribution in [1.29, 1.82) is 0 Å². The van der Waals surface area contributed by atoms with Crippen LogP contribution >= 0.6 is 23.2 Å². The van der Waals surface area contributed by atoms with Gasteiger partial charge in [-0.05, 0) is 30.3 Å². The van der Waals surface area contributed by atoms with Crippen molar-refractivity contribution in [3.05, 3.63) is 57.6 Å². The molecule has 0 aliphatic carbocycles. The number of nitrogens with one attached hydrogen (secondary N) is 2. The Morgan fingerprint density at radius 1 is 0.923 bits per heavy atom. The van der Waals surface area contributed by atoms with Gasteiger partial charge in [0.15, 0.2) is 0 Å². The van der Waals surface area contributed by atoms with Crippen molar-refractivity contribution >= 4 is 52.4 Å². The summed E-state index contributed by atoms with van der Waals surface area (Å²) in [5.74, 6) is -1.25. The van der Waals surface area contributed by atoms with Crippen molar-refractivity contribution in [1.82, 2.24) is 0 Å². The van der Waals surface area contributed by atoms with Crippen molar-refractivity contribution < 1.29 is 19.1 Å². The van der Waals surface area contributed by atoms with Crippen LogP contribution in [0.4, 0.5) is 11.4 Å². The van der Waals surface area contributed by atoms with Gasteiger partial charge in [-0.15, -0.1) is 0 Å². The third kappa shape index (κ3) is 5.75. The molecule has 0 saturated carbocycles. The summed E-state index contributed by atoms with van der Waals surface area (Å²) in [5.41, 5.74) is 1.50. The topological polar surface area (TPSA) is 84.5 Å². The van der Waals surface area contributed by atoms with E-state index in [2.05, 4.69) is 10.6 Å². The third-order valence-electron chi connectivity index (χ3n) is 3.18. The summed E-state index contributed by atoms with van der Waals surface area (Å²) in [6, 6.07) is 9.31. The second kappa shape index (κ2) is 8.69. The minimum atomic E-state index is -0.630. The standard InChI is InChI=1S/C18H16Cl2N2O4/c1-10(23)21-15-5-13(6-16(8-15)22-11(2)24)18(25)26-9-12-3-4-14(19)7-17(12)20/h3-8H,9H2,1-2H3,(H,21,23)(H,22,24). The molecule has 2 aromatic carbocycles. The van der Waals surface area contributed by atoms with Gasteiger partial charge in [-0.25, -0.2) is 4.79 Å². The van der Waals surface area contributed by atoms with Gasteiger partial charge >= 0.3 is 5.97 Å². The number of hydrogen-bond donors (Lipinski definition) is 2. The number of carbonyl (C=O) groups is 3. The second-order valence-electron chi connectivity index (χ2n) is 5.47. The molecule has 0 fully saturated rings. The Bertz CT molecular complexity index is 834. The minimum absolute atomic E-state index is 0.0470. The highest BCUT2D eigenvalue weighted by Crippen LogP contribution is 2.23. The number of ether oxygens (including phenoxy) is 1. The summed E-state index contributed by atoms with van der Waals surface area (Å²) in [4.78, 5) is 34.9. The molecule has 2 N–H and O–H groups in total. The number of carbonyl (C=O) groups excluding carboxylic acids is 3. The Balaban J connectivity index is 2.20. The largest absolute Gasteiger partial charge is 0.457 e. The molecule has 26 heavy (non-hydrogen) atoms. The smallest absolute Gasteiger partial charge is 0.338 e. The first-order valence-corrected chi connectivity index (χ1v) is 8.31. The number of hydrogen-bond acceptors (Lipinski definition) is 4. The molecule has 2 amide bonds. The maximum atomic E-state index is 12.4. The molecule has 0 heterocycles. The highest BCUT2D eigenvalue weighted by atomic mass is 35.5. The van der Waals surface area contributed by atoms with Crippen LogP contribution in [-0.4, -0.2) is 17.8 Å². The number of rotatable bonds is 5. The molecule has 0 bridgehead atoms. The molecule has 0 saturated heterocycles. The summed E-state index contributed by atoms with van der Waals surface area (Å²) >= 11 is 11.9. The predicted molar refractivity (Wildman–Crippen MR) is 101 cm³/mol. The molecule has 0 aliphatic heterocycles. The van der Waals surface area contributed by atoms with Crippen LogP contribution in [0.3, 0.4) is 0 Å². The van der Waals surface area contributed by atoms with Crippen LogP contribution in [-0.2, 0) is 20.9 Å². The van der Waals surface area contributed by atoms with Gasteiger partial charge in [0.2, 0.25) is 11.8 Å². The molecular formula is C18H16Cl2N2O4. The lowest BCUT2D eigenvalue weighted by molar-refractivity contribution is -0.115. The van der Waals surface area contributed by atoms with Crippen LogP contribution in [0.5, 0.6) is 0 Å². The van der Waals surface area contributed by atoms with Crippen molar-refractivity contribution in [3.8, 4) is 0 Å². The van der Waals surface area contributed by atoms with E-state index in [0.717, 1.165) is 0 Å². The Hall–Kier alpha value is -2.57. The van der Waals surface area contributed by atoms with Crippen LogP contribution in [0.15, 0.2) is 36.4 Å². The zero-order valence-electron chi connectivity index (χ0n) is 14.1. The van der Waals surface area contributed by atoms with Crippen LogP contribution in [0.1, 0.15) is 29.8 Å². The molecule has 0 radical (unpaired) electrons. The number of benzene rings is 2. The molecule has 8 heteroatoms. The Labute approximate surface area is 160 Å². The van der Waals surface area contributed by atoms with Gasteiger partial charge in [0, 0.05) is 40.8 Å². The quantitative estimate of drug-likeness (QED) is 0.741. The third-order valence-corrected chi connectivity index (χ3v) is 3.77. The number of halogens is 2. The molecule has 0 atom stereocenters. The lowest BCUT2D eigenvalue weighted by Gasteiger charge is -2.11. The number of esters is 1. The highest BCUT2D eigenvalue weighted by Gasteiger charge is 2.13. The fraction of sp³-hybridized carbons (Fsp3) is 0.167. The van der Waals surface area contributed by atoms with E-state index in [0.29, 0.717) is 27.0 Å². The molecule has 0 aliphatic rings. The first-order chi connectivity index (χ1) is 12.2. The monoisotopic (exact) mass is 394 g/mol. The average Bonchev–Trinajstić information content (AvgIpc) is 2.52. The van der Waals surface area contributed by atoms with E-state index in [-0.39, 0.29) is 24.0 Å². The zero-order chi connectivity index (χ0) is 19.3. The Morgan fingerprint density at radius 2 is 1.50 bits per heavy atom. The van der Waals surface area contributed by atoms with Crippen LogP contribution in [0, 0.1) is 0 Å². The van der Waals surface area contributed by atoms with E-state index in [4.69, 9.17) is 27.9 Å². The van der Waals surface area contributed by atoms with Gasteiger partial charge in [-0.2, -0.15) is 0 Å². The summed E-state index contributed by atoms with van der Waals surface area (Å²) in [7, 11) is 0. The van der Waals surface area contributed by atoms with Gasteiger partial charge < -0.3 is 15.4 Å². The Morgan fingerprint density at radius 3 is 2.00 bits per heavy atom.